The molecule has 104 valence electrons. The van der Waals surface area contributed by atoms with Gasteiger partial charge in [-0.1, -0.05) is 20.3 Å². The Balaban J connectivity index is 1.62. The van der Waals surface area contributed by atoms with Gasteiger partial charge in [-0.2, -0.15) is 0 Å². The minimum Gasteiger partial charge on any atom is -0.370 e. The second kappa shape index (κ2) is 5.94. The Kier molecular flexibility index (Phi) is 4.52. The predicted octanol–water partition coefficient (Wildman–Crippen LogP) is 2.91. The standard InChI is InChI=1S/C15H29N3/c1-15(2)8-6-13(7-9-15)11-18-14(16)17-10-12-4-3-5-12/h12-13H,3-11H2,1-2H3,(H3,16,17,18). The van der Waals surface area contributed by atoms with Gasteiger partial charge in [-0.05, 0) is 55.8 Å². The summed E-state index contributed by atoms with van der Waals surface area (Å²) in [6, 6.07) is 0. The summed E-state index contributed by atoms with van der Waals surface area (Å²) in [6.07, 6.45) is 9.41. The molecule has 2 aliphatic rings. The van der Waals surface area contributed by atoms with E-state index in [9.17, 15) is 0 Å². The third-order valence-corrected chi connectivity index (χ3v) is 4.78. The molecule has 2 aliphatic carbocycles. The number of aliphatic imine (C=N–C) groups is 1. The van der Waals surface area contributed by atoms with Crippen molar-refractivity contribution in [1.82, 2.24) is 5.32 Å². The van der Waals surface area contributed by atoms with Gasteiger partial charge in [0.15, 0.2) is 5.96 Å². The maximum Gasteiger partial charge on any atom is 0.188 e. The van der Waals surface area contributed by atoms with E-state index < -0.39 is 0 Å². The van der Waals surface area contributed by atoms with Crippen LogP contribution in [0.4, 0.5) is 0 Å². The van der Waals surface area contributed by atoms with Gasteiger partial charge in [0, 0.05) is 13.1 Å². The van der Waals surface area contributed by atoms with Gasteiger partial charge in [-0.25, -0.2) is 0 Å². The average Bonchev–Trinajstić information content (AvgIpc) is 2.25. The van der Waals surface area contributed by atoms with Gasteiger partial charge in [0.25, 0.3) is 0 Å². The first kappa shape index (κ1) is 13.7. The fourth-order valence-corrected chi connectivity index (χ4v) is 2.87. The van der Waals surface area contributed by atoms with Crippen molar-refractivity contribution in [2.75, 3.05) is 13.1 Å². The molecule has 0 radical (unpaired) electrons. The maximum atomic E-state index is 5.91. The van der Waals surface area contributed by atoms with E-state index in [2.05, 4.69) is 24.2 Å². The van der Waals surface area contributed by atoms with Crippen molar-refractivity contribution in [2.45, 2.75) is 58.8 Å². The van der Waals surface area contributed by atoms with Crippen LogP contribution in [0.5, 0.6) is 0 Å². The lowest BCUT2D eigenvalue weighted by Gasteiger charge is -2.34. The third kappa shape index (κ3) is 4.18. The second-order valence-corrected chi connectivity index (χ2v) is 7.01. The van der Waals surface area contributed by atoms with E-state index in [-0.39, 0.29) is 0 Å². The Morgan fingerprint density at radius 1 is 1.17 bits per heavy atom. The highest BCUT2D eigenvalue weighted by molar-refractivity contribution is 5.77. The molecule has 0 aromatic carbocycles. The highest BCUT2D eigenvalue weighted by Gasteiger charge is 2.26. The lowest BCUT2D eigenvalue weighted by atomic mass is 9.73. The van der Waals surface area contributed by atoms with E-state index >= 15 is 0 Å². The summed E-state index contributed by atoms with van der Waals surface area (Å²) < 4.78 is 0. The molecule has 0 amide bonds. The van der Waals surface area contributed by atoms with Gasteiger partial charge >= 0.3 is 0 Å². The van der Waals surface area contributed by atoms with Crippen LogP contribution in [0.3, 0.4) is 0 Å². The van der Waals surface area contributed by atoms with E-state index in [0.717, 1.165) is 24.9 Å². The highest BCUT2D eigenvalue weighted by Crippen LogP contribution is 2.37. The molecular formula is C15H29N3. The summed E-state index contributed by atoms with van der Waals surface area (Å²) in [7, 11) is 0. The molecular weight excluding hydrogens is 222 g/mol. The number of rotatable bonds is 4. The Hall–Kier alpha value is -0.730. The van der Waals surface area contributed by atoms with Gasteiger partial charge in [-0.15, -0.1) is 0 Å². The number of nitrogens with zero attached hydrogens (tertiary/aromatic N) is 1. The van der Waals surface area contributed by atoms with Gasteiger partial charge in [0.05, 0.1) is 0 Å². The first-order valence-electron chi connectivity index (χ1n) is 7.59. The van der Waals surface area contributed by atoms with E-state index in [0.29, 0.717) is 11.4 Å². The van der Waals surface area contributed by atoms with Crippen LogP contribution in [0, 0.1) is 17.3 Å². The fourth-order valence-electron chi connectivity index (χ4n) is 2.87. The molecule has 0 aromatic rings. The number of hydrogen-bond acceptors (Lipinski definition) is 1. The molecule has 2 saturated carbocycles. The van der Waals surface area contributed by atoms with Crippen LogP contribution in [-0.2, 0) is 0 Å². The van der Waals surface area contributed by atoms with Crippen molar-refractivity contribution < 1.29 is 0 Å². The number of guanidine groups is 1. The molecule has 0 atom stereocenters. The van der Waals surface area contributed by atoms with Crippen molar-refractivity contribution in [1.29, 1.82) is 0 Å². The van der Waals surface area contributed by atoms with E-state index in [1.165, 1.54) is 44.9 Å². The molecule has 0 bridgehead atoms. The van der Waals surface area contributed by atoms with E-state index in [1.807, 2.05) is 0 Å². The summed E-state index contributed by atoms with van der Waals surface area (Å²) in [4.78, 5) is 4.44. The zero-order chi connectivity index (χ0) is 13.0. The fraction of sp³-hybridized carbons (Fsp3) is 0.933. The van der Waals surface area contributed by atoms with Crippen molar-refractivity contribution in [3.63, 3.8) is 0 Å². The predicted molar refractivity (Wildman–Crippen MR) is 77.6 cm³/mol. The van der Waals surface area contributed by atoms with Gasteiger partial charge in [0.1, 0.15) is 0 Å². The summed E-state index contributed by atoms with van der Waals surface area (Å²) >= 11 is 0. The zero-order valence-corrected chi connectivity index (χ0v) is 12.0. The number of hydrogen-bond donors (Lipinski definition) is 2. The Morgan fingerprint density at radius 2 is 1.83 bits per heavy atom. The molecule has 18 heavy (non-hydrogen) atoms. The number of nitrogens with one attached hydrogen (secondary N) is 1. The van der Waals surface area contributed by atoms with Gasteiger partial charge < -0.3 is 11.1 Å². The smallest absolute Gasteiger partial charge is 0.188 e. The van der Waals surface area contributed by atoms with Crippen LogP contribution in [0.2, 0.25) is 0 Å². The van der Waals surface area contributed by atoms with Crippen LogP contribution in [0.25, 0.3) is 0 Å². The average molecular weight is 251 g/mol. The van der Waals surface area contributed by atoms with Crippen molar-refractivity contribution in [2.24, 2.45) is 28.0 Å². The van der Waals surface area contributed by atoms with Gasteiger partial charge in [-0.3, -0.25) is 4.99 Å². The molecule has 2 rings (SSSR count). The monoisotopic (exact) mass is 251 g/mol. The molecule has 0 spiro atoms. The quantitative estimate of drug-likeness (QED) is 0.596. The molecule has 0 heterocycles. The summed E-state index contributed by atoms with van der Waals surface area (Å²) in [5.41, 5.74) is 6.47. The molecule has 0 saturated heterocycles. The van der Waals surface area contributed by atoms with E-state index in [1.54, 1.807) is 0 Å². The second-order valence-electron chi connectivity index (χ2n) is 7.01. The van der Waals surface area contributed by atoms with Gasteiger partial charge in [0.2, 0.25) is 0 Å². The third-order valence-electron chi connectivity index (χ3n) is 4.78. The molecule has 2 fully saturated rings. The zero-order valence-electron chi connectivity index (χ0n) is 12.0. The van der Waals surface area contributed by atoms with Crippen LogP contribution in [-0.4, -0.2) is 19.0 Å². The normalized spacial score (nSPS) is 25.8. The van der Waals surface area contributed by atoms with Crippen LogP contribution in [0.15, 0.2) is 4.99 Å². The summed E-state index contributed by atoms with van der Waals surface area (Å²) in [5.74, 6) is 2.25. The SMILES string of the molecule is CC1(C)CCC(CNC(N)=NCC2CCC2)CC1. The first-order valence-corrected chi connectivity index (χ1v) is 7.59. The molecule has 3 heteroatoms. The highest BCUT2D eigenvalue weighted by atomic mass is 15.1. The van der Waals surface area contributed by atoms with E-state index in [4.69, 9.17) is 5.73 Å². The Morgan fingerprint density at radius 3 is 2.39 bits per heavy atom. The lowest BCUT2D eigenvalue weighted by molar-refractivity contribution is 0.192. The van der Waals surface area contributed by atoms with Crippen molar-refractivity contribution in [3.05, 3.63) is 0 Å². The summed E-state index contributed by atoms with van der Waals surface area (Å²) in [6.45, 7) is 6.70. The summed E-state index contributed by atoms with van der Waals surface area (Å²) in [5, 5.41) is 3.31. The van der Waals surface area contributed by atoms with Crippen molar-refractivity contribution >= 4 is 5.96 Å². The molecule has 0 aromatic heterocycles. The molecule has 3 N–H and O–H groups in total. The van der Waals surface area contributed by atoms with Crippen molar-refractivity contribution in [3.8, 4) is 0 Å². The molecule has 3 nitrogen and oxygen atoms in total. The largest absolute Gasteiger partial charge is 0.370 e. The Bertz CT molecular complexity index is 282. The Labute approximate surface area is 112 Å². The molecule has 0 unspecified atom stereocenters. The lowest BCUT2D eigenvalue weighted by Crippen LogP contribution is -2.37. The maximum absolute atomic E-state index is 5.91. The number of nitrogens with two attached hydrogens (primary N) is 1. The van der Waals surface area contributed by atoms with Crippen LogP contribution >= 0.6 is 0 Å². The first-order chi connectivity index (χ1) is 8.55. The minimum atomic E-state index is 0.556. The van der Waals surface area contributed by atoms with Crippen LogP contribution < -0.4 is 11.1 Å². The topological polar surface area (TPSA) is 50.4 Å². The molecule has 0 aliphatic heterocycles. The van der Waals surface area contributed by atoms with Crippen LogP contribution in [0.1, 0.15) is 58.8 Å². The minimum absolute atomic E-state index is 0.556.